The number of hydrogen-bond donors (Lipinski definition) is 3. The maximum absolute atomic E-state index is 12.4. The van der Waals surface area contributed by atoms with E-state index >= 15 is 0 Å². The summed E-state index contributed by atoms with van der Waals surface area (Å²) in [5.74, 6) is 0.451. The van der Waals surface area contributed by atoms with E-state index in [0.717, 1.165) is 30.6 Å². The maximum atomic E-state index is 12.4. The second-order valence-corrected chi connectivity index (χ2v) is 9.69. The summed E-state index contributed by atoms with van der Waals surface area (Å²) < 4.78 is 0. The maximum Gasteiger partial charge on any atom is 0.275 e. The van der Waals surface area contributed by atoms with Gasteiger partial charge in [-0.05, 0) is 62.7 Å². The van der Waals surface area contributed by atoms with Crippen LogP contribution in [0.25, 0.3) is 0 Å². The number of thiophene rings is 1. The first kappa shape index (κ1) is 23.4. The van der Waals surface area contributed by atoms with E-state index in [9.17, 15) is 9.59 Å². The Balaban J connectivity index is 1.21. The minimum atomic E-state index is -0.994. The van der Waals surface area contributed by atoms with Gasteiger partial charge in [0.2, 0.25) is 5.91 Å². The molecule has 4 rings (SSSR count). The first-order valence-corrected chi connectivity index (χ1v) is 12.2. The first-order chi connectivity index (χ1) is 16.0. The molecule has 0 radical (unpaired) electrons. The van der Waals surface area contributed by atoms with E-state index in [0.29, 0.717) is 17.8 Å². The minimum absolute atomic E-state index is 0.0905. The molecule has 33 heavy (non-hydrogen) atoms. The van der Waals surface area contributed by atoms with E-state index < -0.39 is 12.1 Å². The third-order valence-corrected chi connectivity index (χ3v) is 7.07. The van der Waals surface area contributed by atoms with Crippen molar-refractivity contribution in [3.8, 4) is 0 Å². The number of aliphatic imine (C=N–C) groups is 1. The van der Waals surface area contributed by atoms with Gasteiger partial charge in [0.25, 0.3) is 12.1 Å². The number of nitrogens with zero attached hydrogens (tertiary/aromatic N) is 2. The van der Waals surface area contributed by atoms with E-state index in [2.05, 4.69) is 64.4 Å². The van der Waals surface area contributed by atoms with Crippen molar-refractivity contribution < 1.29 is 14.4 Å². The number of hydroxylamine groups is 1. The zero-order chi connectivity index (χ0) is 23.2. The molecule has 1 aromatic carbocycles. The van der Waals surface area contributed by atoms with Gasteiger partial charge in [0, 0.05) is 12.1 Å². The fraction of sp³-hybridized carbons (Fsp3) is 0.458. The van der Waals surface area contributed by atoms with Crippen LogP contribution in [0.3, 0.4) is 0 Å². The second-order valence-electron chi connectivity index (χ2n) is 8.74. The topological polar surface area (TPSA) is 95.1 Å². The van der Waals surface area contributed by atoms with E-state index in [1.165, 1.54) is 16.9 Å². The highest BCUT2D eigenvalue weighted by Gasteiger charge is 2.31. The summed E-state index contributed by atoms with van der Waals surface area (Å²) in [5, 5.41) is 7.61. The van der Waals surface area contributed by atoms with Crippen molar-refractivity contribution in [1.29, 1.82) is 0 Å². The summed E-state index contributed by atoms with van der Waals surface area (Å²) in [6, 6.07) is 14.9. The number of carbonyl (C=O) groups is 2. The molecule has 2 aliphatic rings. The van der Waals surface area contributed by atoms with Crippen LogP contribution in [0.15, 0.2) is 52.8 Å². The minimum Gasteiger partial charge on any atom is -0.352 e. The van der Waals surface area contributed by atoms with Crippen molar-refractivity contribution in [2.75, 3.05) is 20.6 Å². The SMILES string of the molecule is CN(C)C(c1ccccc1)C1CCC(NC(=O)CNC(=O)C2N=C(c3cccs3)NO2)CC1. The Hall–Kier alpha value is -2.75. The van der Waals surface area contributed by atoms with Gasteiger partial charge >= 0.3 is 0 Å². The summed E-state index contributed by atoms with van der Waals surface area (Å²) in [4.78, 5) is 37.4. The van der Waals surface area contributed by atoms with Gasteiger partial charge in [-0.1, -0.05) is 36.4 Å². The van der Waals surface area contributed by atoms with Gasteiger partial charge in [-0.15, -0.1) is 11.3 Å². The molecule has 1 aromatic heterocycles. The van der Waals surface area contributed by atoms with E-state index in [1.807, 2.05) is 23.6 Å². The summed E-state index contributed by atoms with van der Waals surface area (Å²) >= 11 is 1.50. The average Bonchev–Trinajstić information content (AvgIpc) is 3.51. The molecule has 8 nitrogen and oxygen atoms in total. The van der Waals surface area contributed by atoms with Gasteiger partial charge in [0.15, 0.2) is 5.84 Å². The highest BCUT2D eigenvalue weighted by molar-refractivity contribution is 7.12. The largest absolute Gasteiger partial charge is 0.352 e. The molecule has 1 saturated carbocycles. The monoisotopic (exact) mass is 469 g/mol. The normalized spacial score (nSPS) is 23.5. The summed E-state index contributed by atoms with van der Waals surface area (Å²) in [5.41, 5.74) is 4.01. The molecule has 2 amide bonds. The summed E-state index contributed by atoms with van der Waals surface area (Å²) in [6.45, 7) is -0.0905. The van der Waals surface area contributed by atoms with Crippen LogP contribution >= 0.6 is 11.3 Å². The van der Waals surface area contributed by atoms with Crippen molar-refractivity contribution >= 4 is 29.0 Å². The quantitative estimate of drug-likeness (QED) is 0.552. The highest BCUT2D eigenvalue weighted by atomic mass is 32.1. The molecular weight excluding hydrogens is 438 g/mol. The number of amides is 2. The summed E-state index contributed by atoms with van der Waals surface area (Å²) in [6.07, 6.45) is 2.98. The highest BCUT2D eigenvalue weighted by Crippen LogP contribution is 2.37. The number of carbonyl (C=O) groups excluding carboxylic acids is 2. The van der Waals surface area contributed by atoms with Crippen molar-refractivity contribution in [2.24, 2.45) is 10.9 Å². The molecule has 2 atom stereocenters. The lowest BCUT2D eigenvalue weighted by molar-refractivity contribution is -0.135. The zero-order valence-corrected chi connectivity index (χ0v) is 19.8. The van der Waals surface area contributed by atoms with Gasteiger partial charge in [0.05, 0.1) is 11.4 Å². The molecule has 0 saturated heterocycles. The Morgan fingerprint density at radius 2 is 1.91 bits per heavy atom. The number of nitrogens with one attached hydrogen (secondary N) is 3. The van der Waals surface area contributed by atoms with Crippen LogP contribution in [0.1, 0.15) is 42.2 Å². The molecular formula is C24H31N5O3S. The first-order valence-electron chi connectivity index (χ1n) is 11.3. The number of benzene rings is 1. The molecule has 0 spiro atoms. The van der Waals surface area contributed by atoms with E-state index in [-0.39, 0.29) is 18.5 Å². The molecule has 1 aliphatic carbocycles. The van der Waals surface area contributed by atoms with Gasteiger partial charge in [-0.25, -0.2) is 15.3 Å². The van der Waals surface area contributed by atoms with Crippen molar-refractivity contribution in [1.82, 2.24) is 21.0 Å². The Labute approximate surface area is 198 Å². The third kappa shape index (κ3) is 5.98. The Bertz CT molecular complexity index is 956. The lowest BCUT2D eigenvalue weighted by Gasteiger charge is -2.37. The molecule has 0 bridgehead atoms. The Morgan fingerprint density at radius 3 is 2.58 bits per heavy atom. The third-order valence-electron chi connectivity index (χ3n) is 6.20. The van der Waals surface area contributed by atoms with Gasteiger partial charge in [-0.2, -0.15) is 0 Å². The van der Waals surface area contributed by atoms with Crippen LogP contribution in [-0.2, 0) is 14.4 Å². The smallest absolute Gasteiger partial charge is 0.275 e. The number of rotatable bonds is 8. The van der Waals surface area contributed by atoms with Crippen LogP contribution < -0.4 is 16.1 Å². The molecule has 1 fully saturated rings. The molecule has 1 aliphatic heterocycles. The number of hydrogen-bond acceptors (Lipinski definition) is 7. The molecule has 9 heteroatoms. The average molecular weight is 470 g/mol. The van der Waals surface area contributed by atoms with Crippen molar-refractivity contribution in [3.05, 3.63) is 58.3 Å². The summed E-state index contributed by atoms with van der Waals surface area (Å²) in [7, 11) is 4.26. The Morgan fingerprint density at radius 1 is 1.15 bits per heavy atom. The van der Waals surface area contributed by atoms with Gasteiger partial charge in [0.1, 0.15) is 0 Å². The number of amidine groups is 1. The van der Waals surface area contributed by atoms with E-state index in [4.69, 9.17) is 4.84 Å². The molecule has 2 heterocycles. The van der Waals surface area contributed by atoms with Gasteiger partial charge < -0.3 is 15.5 Å². The van der Waals surface area contributed by atoms with Crippen molar-refractivity contribution in [2.45, 2.75) is 44.0 Å². The lowest BCUT2D eigenvalue weighted by Crippen LogP contribution is -2.46. The molecule has 176 valence electrons. The fourth-order valence-corrected chi connectivity index (χ4v) is 5.34. The Kier molecular flexibility index (Phi) is 7.74. The molecule has 2 unspecified atom stereocenters. The molecule has 3 N–H and O–H groups in total. The van der Waals surface area contributed by atoms with Crippen LogP contribution in [0.2, 0.25) is 0 Å². The van der Waals surface area contributed by atoms with Crippen LogP contribution in [0.4, 0.5) is 0 Å². The van der Waals surface area contributed by atoms with Crippen LogP contribution in [-0.4, -0.2) is 55.5 Å². The fourth-order valence-electron chi connectivity index (χ4n) is 4.68. The predicted molar refractivity (Wildman–Crippen MR) is 129 cm³/mol. The van der Waals surface area contributed by atoms with Gasteiger partial charge in [-0.3, -0.25) is 9.59 Å². The predicted octanol–water partition coefficient (Wildman–Crippen LogP) is 2.45. The standard InChI is InChI=1S/C24H31N5O3S/c1-29(2)21(16-7-4-3-5-8-16)17-10-12-18(13-11-17)26-20(30)15-25-23(31)24-27-22(28-32-24)19-9-6-14-33-19/h3-9,14,17-18,21,24H,10-13,15H2,1-2H3,(H,25,31)(H,26,30)(H,27,28). The second kappa shape index (κ2) is 10.9. The van der Waals surface area contributed by atoms with E-state index in [1.54, 1.807) is 0 Å². The van der Waals surface area contributed by atoms with Crippen molar-refractivity contribution in [3.63, 3.8) is 0 Å². The van der Waals surface area contributed by atoms with Crippen LogP contribution in [0.5, 0.6) is 0 Å². The van der Waals surface area contributed by atoms with Crippen LogP contribution in [0, 0.1) is 5.92 Å². The zero-order valence-electron chi connectivity index (χ0n) is 19.0. The lowest BCUT2D eigenvalue weighted by atomic mass is 9.78. The molecule has 2 aromatic rings.